The Balaban J connectivity index is 2.20. The van der Waals surface area contributed by atoms with E-state index in [1.54, 1.807) is 6.07 Å². The molecule has 0 saturated heterocycles. The highest BCUT2D eigenvalue weighted by atomic mass is 79.9. The van der Waals surface area contributed by atoms with Crippen LogP contribution in [-0.4, -0.2) is 16.5 Å². The standard InChI is InChI=1S/C14H15BrFN3O/c1-3-6-17-14-18-8-12(16)13(19-14)20-10-4-5-11(15)9(2)7-10/h4-5,7-8H,3,6H2,1-2H3,(H,17,18,19). The van der Waals surface area contributed by atoms with Crippen LogP contribution in [0.2, 0.25) is 0 Å². The van der Waals surface area contributed by atoms with E-state index in [1.165, 1.54) is 0 Å². The zero-order valence-electron chi connectivity index (χ0n) is 11.3. The second-order valence-electron chi connectivity index (χ2n) is 4.29. The summed E-state index contributed by atoms with van der Waals surface area (Å²) < 4.78 is 20.1. The van der Waals surface area contributed by atoms with Crippen LogP contribution in [0.4, 0.5) is 10.3 Å². The summed E-state index contributed by atoms with van der Waals surface area (Å²) in [5, 5.41) is 2.99. The van der Waals surface area contributed by atoms with Gasteiger partial charge in [0, 0.05) is 11.0 Å². The Hall–Kier alpha value is -1.69. The second kappa shape index (κ2) is 6.65. The van der Waals surface area contributed by atoms with E-state index in [0.29, 0.717) is 11.7 Å². The number of ether oxygens (including phenoxy) is 1. The zero-order chi connectivity index (χ0) is 14.5. The maximum absolute atomic E-state index is 13.7. The van der Waals surface area contributed by atoms with Crippen LogP contribution in [0.25, 0.3) is 0 Å². The summed E-state index contributed by atoms with van der Waals surface area (Å²) in [5.41, 5.74) is 1.00. The van der Waals surface area contributed by atoms with Gasteiger partial charge in [-0.3, -0.25) is 0 Å². The van der Waals surface area contributed by atoms with E-state index in [1.807, 2.05) is 26.0 Å². The van der Waals surface area contributed by atoms with Crippen molar-refractivity contribution >= 4 is 21.9 Å². The van der Waals surface area contributed by atoms with Crippen LogP contribution >= 0.6 is 15.9 Å². The Labute approximate surface area is 125 Å². The molecule has 20 heavy (non-hydrogen) atoms. The number of aromatic nitrogens is 2. The van der Waals surface area contributed by atoms with Gasteiger partial charge in [0.1, 0.15) is 5.75 Å². The summed E-state index contributed by atoms with van der Waals surface area (Å²) in [7, 11) is 0. The zero-order valence-corrected chi connectivity index (χ0v) is 12.9. The van der Waals surface area contributed by atoms with E-state index in [4.69, 9.17) is 4.74 Å². The third-order valence-corrected chi connectivity index (χ3v) is 3.48. The van der Waals surface area contributed by atoms with Gasteiger partial charge >= 0.3 is 0 Å². The first-order valence-corrected chi connectivity index (χ1v) is 7.10. The first-order valence-electron chi connectivity index (χ1n) is 6.30. The van der Waals surface area contributed by atoms with Gasteiger partial charge in [-0.05, 0) is 37.1 Å². The van der Waals surface area contributed by atoms with Crippen LogP contribution in [0.5, 0.6) is 11.6 Å². The van der Waals surface area contributed by atoms with Crippen LogP contribution in [0.3, 0.4) is 0 Å². The normalized spacial score (nSPS) is 10.4. The Morgan fingerprint density at radius 2 is 2.20 bits per heavy atom. The maximum atomic E-state index is 13.7. The molecule has 2 aromatic rings. The fourth-order valence-corrected chi connectivity index (χ4v) is 1.78. The van der Waals surface area contributed by atoms with Crippen molar-refractivity contribution in [2.45, 2.75) is 20.3 Å². The quantitative estimate of drug-likeness (QED) is 0.882. The summed E-state index contributed by atoms with van der Waals surface area (Å²) in [5.74, 6) is 0.217. The van der Waals surface area contributed by atoms with Crippen molar-refractivity contribution in [3.63, 3.8) is 0 Å². The highest BCUT2D eigenvalue weighted by Crippen LogP contribution is 2.26. The third-order valence-electron chi connectivity index (χ3n) is 2.59. The Morgan fingerprint density at radius 3 is 2.90 bits per heavy atom. The molecular formula is C14H15BrFN3O. The van der Waals surface area contributed by atoms with Crippen molar-refractivity contribution in [1.29, 1.82) is 0 Å². The molecule has 1 aromatic heterocycles. The van der Waals surface area contributed by atoms with E-state index in [2.05, 4.69) is 31.2 Å². The number of benzene rings is 1. The first kappa shape index (κ1) is 14.7. The van der Waals surface area contributed by atoms with Gasteiger partial charge in [-0.2, -0.15) is 9.37 Å². The predicted molar refractivity (Wildman–Crippen MR) is 79.7 cm³/mol. The van der Waals surface area contributed by atoms with Gasteiger partial charge in [-0.15, -0.1) is 0 Å². The molecule has 0 atom stereocenters. The predicted octanol–water partition coefficient (Wildman–Crippen LogP) is 4.30. The molecule has 106 valence electrons. The van der Waals surface area contributed by atoms with E-state index in [0.717, 1.165) is 29.2 Å². The molecule has 0 amide bonds. The minimum atomic E-state index is -0.590. The lowest BCUT2D eigenvalue weighted by atomic mass is 10.2. The monoisotopic (exact) mass is 339 g/mol. The van der Waals surface area contributed by atoms with E-state index in [-0.39, 0.29) is 5.88 Å². The molecule has 0 aliphatic heterocycles. The molecule has 0 spiro atoms. The molecule has 2 rings (SSSR count). The molecule has 1 heterocycles. The molecule has 0 aliphatic rings. The van der Waals surface area contributed by atoms with Crippen LogP contribution in [0.15, 0.2) is 28.9 Å². The van der Waals surface area contributed by atoms with Gasteiger partial charge in [0.15, 0.2) is 0 Å². The minimum absolute atomic E-state index is 0.0830. The molecule has 0 fully saturated rings. The molecule has 1 aromatic carbocycles. The number of hydrogen-bond donors (Lipinski definition) is 1. The molecule has 0 bridgehead atoms. The molecule has 4 nitrogen and oxygen atoms in total. The number of anilines is 1. The lowest BCUT2D eigenvalue weighted by Gasteiger charge is -2.09. The number of aryl methyl sites for hydroxylation is 1. The van der Waals surface area contributed by atoms with Crippen LogP contribution < -0.4 is 10.1 Å². The molecule has 6 heteroatoms. The summed E-state index contributed by atoms with van der Waals surface area (Å²) >= 11 is 3.40. The van der Waals surface area contributed by atoms with Gasteiger partial charge in [-0.1, -0.05) is 22.9 Å². The van der Waals surface area contributed by atoms with Gasteiger partial charge in [0.2, 0.25) is 11.8 Å². The number of halogens is 2. The van der Waals surface area contributed by atoms with Crippen LogP contribution in [0, 0.1) is 12.7 Å². The van der Waals surface area contributed by atoms with Gasteiger partial charge in [0.05, 0.1) is 6.20 Å². The average molecular weight is 340 g/mol. The van der Waals surface area contributed by atoms with Crippen LogP contribution in [0.1, 0.15) is 18.9 Å². The highest BCUT2D eigenvalue weighted by molar-refractivity contribution is 9.10. The molecule has 0 radical (unpaired) electrons. The fourth-order valence-electron chi connectivity index (χ4n) is 1.54. The third kappa shape index (κ3) is 3.66. The highest BCUT2D eigenvalue weighted by Gasteiger charge is 2.10. The van der Waals surface area contributed by atoms with Gasteiger partial charge in [-0.25, -0.2) is 4.98 Å². The number of nitrogens with one attached hydrogen (secondary N) is 1. The van der Waals surface area contributed by atoms with Crippen molar-refractivity contribution in [1.82, 2.24) is 9.97 Å². The van der Waals surface area contributed by atoms with Crippen LogP contribution in [-0.2, 0) is 0 Å². The van der Waals surface area contributed by atoms with Crippen molar-refractivity contribution in [2.75, 3.05) is 11.9 Å². The number of rotatable bonds is 5. The van der Waals surface area contributed by atoms with Gasteiger partial charge in [0.25, 0.3) is 5.88 Å². The SMILES string of the molecule is CCCNc1ncc(F)c(Oc2ccc(Br)c(C)c2)n1. The van der Waals surface area contributed by atoms with E-state index >= 15 is 0 Å². The molecular weight excluding hydrogens is 325 g/mol. The van der Waals surface area contributed by atoms with Crippen molar-refractivity contribution in [3.05, 3.63) is 40.2 Å². The average Bonchev–Trinajstić information content (AvgIpc) is 2.44. The van der Waals surface area contributed by atoms with Crippen molar-refractivity contribution < 1.29 is 9.13 Å². The molecule has 0 saturated carbocycles. The maximum Gasteiger partial charge on any atom is 0.260 e. The smallest absolute Gasteiger partial charge is 0.260 e. The minimum Gasteiger partial charge on any atom is -0.436 e. The van der Waals surface area contributed by atoms with E-state index in [9.17, 15) is 4.39 Å². The summed E-state index contributed by atoms with van der Waals surface area (Å²) in [4.78, 5) is 7.89. The van der Waals surface area contributed by atoms with Gasteiger partial charge < -0.3 is 10.1 Å². The Morgan fingerprint density at radius 1 is 1.40 bits per heavy atom. The second-order valence-corrected chi connectivity index (χ2v) is 5.14. The largest absolute Gasteiger partial charge is 0.436 e. The summed E-state index contributed by atoms with van der Waals surface area (Å²) in [6, 6.07) is 5.41. The molecule has 0 unspecified atom stereocenters. The fraction of sp³-hybridized carbons (Fsp3) is 0.286. The number of nitrogens with zero attached hydrogens (tertiary/aromatic N) is 2. The first-order chi connectivity index (χ1) is 9.60. The Kier molecular flexibility index (Phi) is 4.89. The molecule has 0 aliphatic carbocycles. The topological polar surface area (TPSA) is 47.0 Å². The summed E-state index contributed by atoms with van der Waals surface area (Å²) in [6.45, 7) is 4.68. The van der Waals surface area contributed by atoms with Crippen molar-refractivity contribution in [3.8, 4) is 11.6 Å². The van der Waals surface area contributed by atoms with E-state index < -0.39 is 5.82 Å². The molecule has 1 N–H and O–H groups in total. The summed E-state index contributed by atoms with van der Waals surface area (Å²) in [6.07, 6.45) is 2.04. The van der Waals surface area contributed by atoms with Crippen molar-refractivity contribution in [2.24, 2.45) is 0 Å². The Bertz CT molecular complexity index is 607. The number of hydrogen-bond acceptors (Lipinski definition) is 4. The lowest BCUT2D eigenvalue weighted by Crippen LogP contribution is -2.05. The lowest BCUT2D eigenvalue weighted by molar-refractivity contribution is 0.420.